The fraction of sp³-hybridized carbons (Fsp3) is 0.588. The third-order valence-corrected chi connectivity index (χ3v) is 4.70. The van der Waals surface area contributed by atoms with Gasteiger partial charge in [0.05, 0.1) is 12.1 Å². The van der Waals surface area contributed by atoms with Crippen molar-refractivity contribution in [3.05, 3.63) is 35.9 Å². The number of benzene rings is 1. The minimum atomic E-state index is -0.485. The van der Waals surface area contributed by atoms with Gasteiger partial charge in [-0.1, -0.05) is 30.3 Å². The van der Waals surface area contributed by atoms with Gasteiger partial charge < -0.3 is 15.3 Å². The highest BCUT2D eigenvalue weighted by Gasteiger charge is 2.35. The predicted octanol–water partition coefficient (Wildman–Crippen LogP) is 1.85. The molecule has 3 rings (SSSR count). The van der Waals surface area contributed by atoms with Crippen LogP contribution >= 0.6 is 0 Å². The lowest BCUT2D eigenvalue weighted by molar-refractivity contribution is -0.134. The monoisotopic (exact) mass is 288 g/mol. The van der Waals surface area contributed by atoms with Crippen molar-refractivity contribution < 1.29 is 9.90 Å². The van der Waals surface area contributed by atoms with Crippen LogP contribution in [-0.2, 0) is 4.79 Å². The van der Waals surface area contributed by atoms with E-state index in [0.717, 1.165) is 44.3 Å². The molecule has 0 aromatic heterocycles. The Hall–Kier alpha value is -1.39. The number of aliphatic hydroxyl groups excluding tert-OH is 1. The number of rotatable bonds is 4. The summed E-state index contributed by atoms with van der Waals surface area (Å²) in [7, 11) is 0. The van der Waals surface area contributed by atoms with Crippen molar-refractivity contribution >= 4 is 5.91 Å². The van der Waals surface area contributed by atoms with E-state index < -0.39 is 6.10 Å². The smallest absolute Gasteiger partial charge is 0.239 e. The number of nitrogens with one attached hydrogen (secondary N) is 1. The molecule has 114 valence electrons. The van der Waals surface area contributed by atoms with Gasteiger partial charge in [-0.15, -0.1) is 0 Å². The Balaban J connectivity index is 1.62. The summed E-state index contributed by atoms with van der Waals surface area (Å²) in [5.41, 5.74) is 0.941. The zero-order chi connectivity index (χ0) is 14.7. The van der Waals surface area contributed by atoms with Crippen LogP contribution in [0.4, 0.5) is 0 Å². The highest BCUT2D eigenvalue weighted by atomic mass is 16.3. The van der Waals surface area contributed by atoms with E-state index in [1.807, 2.05) is 35.2 Å². The van der Waals surface area contributed by atoms with Gasteiger partial charge in [-0.3, -0.25) is 4.79 Å². The number of amides is 1. The molecule has 21 heavy (non-hydrogen) atoms. The summed E-state index contributed by atoms with van der Waals surface area (Å²) in [6, 6.07) is 9.91. The van der Waals surface area contributed by atoms with E-state index in [0.29, 0.717) is 6.42 Å². The van der Waals surface area contributed by atoms with Gasteiger partial charge in [0.15, 0.2) is 0 Å². The molecule has 1 amide bonds. The maximum atomic E-state index is 12.6. The zero-order valence-electron chi connectivity index (χ0n) is 12.4. The van der Waals surface area contributed by atoms with E-state index in [1.165, 1.54) is 0 Å². The Morgan fingerprint density at radius 3 is 2.81 bits per heavy atom. The molecule has 4 nitrogen and oxygen atoms in total. The highest BCUT2D eigenvalue weighted by Crippen LogP contribution is 2.28. The molecule has 2 fully saturated rings. The molecule has 0 aliphatic carbocycles. The zero-order valence-corrected chi connectivity index (χ0v) is 12.4. The van der Waals surface area contributed by atoms with Crippen LogP contribution in [0.15, 0.2) is 30.3 Å². The fourth-order valence-electron chi connectivity index (χ4n) is 3.54. The normalized spacial score (nSPS) is 27.0. The number of hydrogen-bond donors (Lipinski definition) is 2. The van der Waals surface area contributed by atoms with Crippen LogP contribution in [0.5, 0.6) is 0 Å². The standard InChI is InChI=1S/C17H24N2O2/c20-16(13-6-2-1-3-7-13)12-14-8-5-11-19(14)17(21)15-9-4-10-18-15/h1-3,6-7,14-16,18,20H,4-5,8-12H2/t14?,15-,16?/m0/s1. The van der Waals surface area contributed by atoms with Crippen molar-refractivity contribution in [3.63, 3.8) is 0 Å². The first-order chi connectivity index (χ1) is 10.3. The number of carbonyl (C=O) groups excluding carboxylic acids is 1. The summed E-state index contributed by atoms with van der Waals surface area (Å²) < 4.78 is 0. The lowest BCUT2D eigenvalue weighted by Gasteiger charge is -2.29. The van der Waals surface area contributed by atoms with E-state index in [1.54, 1.807) is 0 Å². The highest BCUT2D eigenvalue weighted by molar-refractivity contribution is 5.82. The van der Waals surface area contributed by atoms with E-state index >= 15 is 0 Å². The van der Waals surface area contributed by atoms with Crippen molar-refractivity contribution in [2.45, 2.75) is 50.3 Å². The first-order valence-electron chi connectivity index (χ1n) is 8.02. The molecule has 0 radical (unpaired) electrons. The molecule has 2 saturated heterocycles. The molecule has 3 atom stereocenters. The fourth-order valence-corrected chi connectivity index (χ4v) is 3.54. The Morgan fingerprint density at radius 2 is 2.10 bits per heavy atom. The third-order valence-electron chi connectivity index (χ3n) is 4.70. The van der Waals surface area contributed by atoms with Gasteiger partial charge in [-0.05, 0) is 44.2 Å². The molecule has 0 spiro atoms. The SMILES string of the molecule is O=C([C@@H]1CCCN1)N1CCCC1CC(O)c1ccccc1. The van der Waals surface area contributed by atoms with Crippen molar-refractivity contribution in [3.8, 4) is 0 Å². The number of carbonyl (C=O) groups is 1. The van der Waals surface area contributed by atoms with Gasteiger partial charge in [0.1, 0.15) is 0 Å². The molecule has 4 heteroatoms. The molecule has 2 heterocycles. The van der Waals surface area contributed by atoms with Gasteiger partial charge in [0.2, 0.25) is 5.91 Å². The maximum absolute atomic E-state index is 12.6. The van der Waals surface area contributed by atoms with Crippen molar-refractivity contribution in [2.75, 3.05) is 13.1 Å². The molecule has 2 N–H and O–H groups in total. The Kier molecular flexibility index (Phi) is 4.56. The molecule has 2 aliphatic heterocycles. The number of likely N-dealkylation sites (tertiary alicyclic amines) is 1. The lowest BCUT2D eigenvalue weighted by Crippen LogP contribution is -2.46. The molecule has 2 aliphatic rings. The molecular weight excluding hydrogens is 264 g/mol. The number of aliphatic hydroxyl groups is 1. The van der Waals surface area contributed by atoms with Crippen LogP contribution in [0.25, 0.3) is 0 Å². The molecule has 2 unspecified atom stereocenters. The first-order valence-corrected chi connectivity index (χ1v) is 8.02. The third kappa shape index (κ3) is 3.27. The van der Waals surface area contributed by atoms with Crippen LogP contribution in [0.1, 0.15) is 43.8 Å². The summed E-state index contributed by atoms with van der Waals surface area (Å²) in [6.07, 6.45) is 4.24. The molecule has 0 saturated carbocycles. The minimum Gasteiger partial charge on any atom is -0.388 e. The summed E-state index contributed by atoms with van der Waals surface area (Å²) in [6.45, 7) is 1.78. The molecular formula is C17H24N2O2. The topological polar surface area (TPSA) is 52.6 Å². The van der Waals surface area contributed by atoms with E-state index in [4.69, 9.17) is 0 Å². The second kappa shape index (κ2) is 6.58. The Morgan fingerprint density at radius 1 is 1.29 bits per heavy atom. The Labute approximate surface area is 126 Å². The minimum absolute atomic E-state index is 0.000492. The second-order valence-corrected chi connectivity index (χ2v) is 6.14. The lowest BCUT2D eigenvalue weighted by atomic mass is 10.00. The maximum Gasteiger partial charge on any atom is 0.239 e. The average molecular weight is 288 g/mol. The predicted molar refractivity (Wildman–Crippen MR) is 81.8 cm³/mol. The van der Waals surface area contributed by atoms with Gasteiger partial charge in [0.25, 0.3) is 0 Å². The van der Waals surface area contributed by atoms with Gasteiger partial charge >= 0.3 is 0 Å². The average Bonchev–Trinajstić information content (AvgIpc) is 3.19. The van der Waals surface area contributed by atoms with Gasteiger partial charge in [0, 0.05) is 12.6 Å². The summed E-state index contributed by atoms with van der Waals surface area (Å²) >= 11 is 0. The van der Waals surface area contributed by atoms with E-state index in [9.17, 15) is 9.90 Å². The molecule has 1 aromatic rings. The summed E-state index contributed by atoms with van der Waals surface area (Å²) in [5, 5.41) is 13.7. The van der Waals surface area contributed by atoms with Crippen molar-refractivity contribution in [1.82, 2.24) is 10.2 Å². The molecule has 0 bridgehead atoms. The summed E-state index contributed by atoms with van der Waals surface area (Å²) in [4.78, 5) is 14.6. The van der Waals surface area contributed by atoms with Gasteiger partial charge in [-0.25, -0.2) is 0 Å². The van der Waals surface area contributed by atoms with E-state index in [2.05, 4.69) is 5.32 Å². The van der Waals surface area contributed by atoms with Crippen LogP contribution in [0, 0.1) is 0 Å². The van der Waals surface area contributed by atoms with Gasteiger partial charge in [-0.2, -0.15) is 0 Å². The van der Waals surface area contributed by atoms with Crippen LogP contribution < -0.4 is 5.32 Å². The summed E-state index contributed by atoms with van der Waals surface area (Å²) in [5.74, 6) is 0.232. The van der Waals surface area contributed by atoms with Crippen LogP contribution in [0.2, 0.25) is 0 Å². The second-order valence-electron chi connectivity index (χ2n) is 6.14. The van der Waals surface area contributed by atoms with E-state index in [-0.39, 0.29) is 18.0 Å². The first kappa shape index (κ1) is 14.5. The van der Waals surface area contributed by atoms with Crippen molar-refractivity contribution in [2.24, 2.45) is 0 Å². The number of nitrogens with zero attached hydrogens (tertiary/aromatic N) is 1. The van der Waals surface area contributed by atoms with Crippen molar-refractivity contribution in [1.29, 1.82) is 0 Å². The Bertz CT molecular complexity index is 471. The largest absolute Gasteiger partial charge is 0.388 e. The van der Waals surface area contributed by atoms with Crippen LogP contribution in [-0.4, -0.2) is 41.1 Å². The van der Waals surface area contributed by atoms with Crippen LogP contribution in [0.3, 0.4) is 0 Å². The molecule has 1 aromatic carbocycles. The quantitative estimate of drug-likeness (QED) is 0.889. The number of hydrogen-bond acceptors (Lipinski definition) is 3.